The van der Waals surface area contributed by atoms with Crippen molar-refractivity contribution in [3.8, 4) is 0 Å². The molecular formula is C17H24N4O2S. The van der Waals surface area contributed by atoms with Crippen LogP contribution >= 0.6 is 11.3 Å². The maximum Gasteiger partial charge on any atom is 0.236 e. The van der Waals surface area contributed by atoms with Crippen LogP contribution in [-0.4, -0.2) is 65.5 Å². The van der Waals surface area contributed by atoms with Gasteiger partial charge in [-0.05, 0) is 18.4 Å². The zero-order chi connectivity index (χ0) is 16.9. The molecule has 7 heteroatoms. The van der Waals surface area contributed by atoms with Crippen molar-refractivity contribution in [1.29, 1.82) is 0 Å². The Morgan fingerprint density at radius 2 is 2.08 bits per heavy atom. The highest BCUT2D eigenvalue weighted by Gasteiger charge is 2.21. The van der Waals surface area contributed by atoms with Crippen LogP contribution in [0.25, 0.3) is 0 Å². The topological polar surface area (TPSA) is 52.8 Å². The number of rotatable bonds is 6. The fourth-order valence-electron chi connectivity index (χ4n) is 2.85. The van der Waals surface area contributed by atoms with Gasteiger partial charge in [-0.25, -0.2) is 0 Å². The minimum Gasteiger partial charge on any atom is -0.360 e. The zero-order valence-corrected chi connectivity index (χ0v) is 15.1. The lowest BCUT2D eigenvalue weighted by Gasteiger charge is -2.34. The fraction of sp³-hybridized carbons (Fsp3) is 0.529. The molecule has 24 heavy (non-hydrogen) atoms. The Morgan fingerprint density at radius 3 is 2.71 bits per heavy atom. The van der Waals surface area contributed by atoms with Crippen LogP contribution in [0.4, 0.5) is 0 Å². The zero-order valence-electron chi connectivity index (χ0n) is 14.3. The van der Waals surface area contributed by atoms with E-state index in [2.05, 4.69) is 21.0 Å². The molecule has 1 fully saturated rings. The van der Waals surface area contributed by atoms with Crippen molar-refractivity contribution in [3.63, 3.8) is 0 Å². The van der Waals surface area contributed by atoms with E-state index in [-0.39, 0.29) is 5.91 Å². The Bertz CT molecular complexity index is 647. The molecule has 0 spiro atoms. The van der Waals surface area contributed by atoms with Crippen LogP contribution in [0.3, 0.4) is 0 Å². The number of amides is 1. The Labute approximate surface area is 146 Å². The molecule has 1 aliphatic rings. The van der Waals surface area contributed by atoms with E-state index in [1.54, 1.807) is 11.3 Å². The molecule has 0 bridgehead atoms. The Kier molecular flexibility index (Phi) is 5.65. The van der Waals surface area contributed by atoms with Gasteiger partial charge in [0.2, 0.25) is 5.91 Å². The highest BCUT2D eigenvalue weighted by atomic mass is 32.1. The summed E-state index contributed by atoms with van der Waals surface area (Å²) in [5.74, 6) is 1.09. The number of piperazine rings is 1. The summed E-state index contributed by atoms with van der Waals surface area (Å²) in [6.45, 7) is 7.63. The van der Waals surface area contributed by atoms with Crippen molar-refractivity contribution in [2.75, 3.05) is 39.8 Å². The smallest absolute Gasteiger partial charge is 0.236 e. The van der Waals surface area contributed by atoms with E-state index in [0.29, 0.717) is 13.1 Å². The Morgan fingerprint density at radius 1 is 1.33 bits per heavy atom. The normalized spacial score (nSPS) is 16.4. The van der Waals surface area contributed by atoms with Crippen molar-refractivity contribution in [3.05, 3.63) is 39.9 Å². The van der Waals surface area contributed by atoms with Gasteiger partial charge in [0.05, 0.1) is 25.3 Å². The van der Waals surface area contributed by atoms with Crippen molar-refractivity contribution in [1.82, 2.24) is 19.9 Å². The fourth-order valence-corrected chi connectivity index (χ4v) is 3.61. The summed E-state index contributed by atoms with van der Waals surface area (Å²) in [6.07, 6.45) is 0. The minimum absolute atomic E-state index is 0.183. The van der Waals surface area contributed by atoms with E-state index in [1.807, 2.05) is 36.4 Å². The monoisotopic (exact) mass is 348 g/mol. The molecule has 0 N–H and O–H groups in total. The molecule has 2 aromatic heterocycles. The van der Waals surface area contributed by atoms with E-state index in [0.717, 1.165) is 44.2 Å². The SMILES string of the molecule is Cc1cc(CN2CCN(CC(=O)N(C)Cc3cccs3)CC2)on1. The summed E-state index contributed by atoms with van der Waals surface area (Å²) in [5, 5.41) is 5.97. The first-order valence-corrected chi connectivity index (χ1v) is 9.11. The maximum atomic E-state index is 12.4. The van der Waals surface area contributed by atoms with E-state index in [1.165, 1.54) is 4.88 Å². The first-order chi connectivity index (χ1) is 11.6. The minimum atomic E-state index is 0.183. The number of hydrogen-bond donors (Lipinski definition) is 0. The summed E-state index contributed by atoms with van der Waals surface area (Å²) in [5.41, 5.74) is 0.919. The number of thiophene rings is 1. The number of aryl methyl sites for hydroxylation is 1. The number of likely N-dealkylation sites (N-methyl/N-ethyl adjacent to an activating group) is 1. The molecule has 0 aliphatic carbocycles. The average Bonchev–Trinajstić information content (AvgIpc) is 3.21. The molecule has 3 rings (SSSR count). The number of nitrogens with zero attached hydrogens (tertiary/aromatic N) is 4. The maximum absolute atomic E-state index is 12.4. The predicted molar refractivity (Wildman–Crippen MR) is 93.8 cm³/mol. The van der Waals surface area contributed by atoms with Crippen LogP contribution in [0.1, 0.15) is 16.3 Å². The molecule has 130 valence electrons. The van der Waals surface area contributed by atoms with Crippen molar-refractivity contribution in [2.24, 2.45) is 0 Å². The average molecular weight is 348 g/mol. The van der Waals surface area contributed by atoms with Crippen LogP contribution in [-0.2, 0) is 17.9 Å². The molecule has 1 amide bonds. The van der Waals surface area contributed by atoms with Crippen LogP contribution in [0.15, 0.2) is 28.1 Å². The van der Waals surface area contributed by atoms with Crippen LogP contribution < -0.4 is 0 Å². The Balaban J connectivity index is 1.40. The van der Waals surface area contributed by atoms with Gasteiger partial charge in [0.25, 0.3) is 0 Å². The lowest BCUT2D eigenvalue weighted by atomic mass is 10.2. The first kappa shape index (κ1) is 17.1. The van der Waals surface area contributed by atoms with Crippen LogP contribution in [0.5, 0.6) is 0 Å². The molecule has 6 nitrogen and oxygen atoms in total. The first-order valence-electron chi connectivity index (χ1n) is 8.23. The van der Waals surface area contributed by atoms with Crippen molar-refractivity contribution in [2.45, 2.75) is 20.0 Å². The van der Waals surface area contributed by atoms with E-state index in [4.69, 9.17) is 4.52 Å². The lowest BCUT2D eigenvalue weighted by Crippen LogP contribution is -2.49. The molecular weight excluding hydrogens is 324 g/mol. The Hall–Kier alpha value is -1.70. The highest BCUT2D eigenvalue weighted by molar-refractivity contribution is 7.09. The molecule has 0 aromatic carbocycles. The standard InChI is InChI=1S/C17H24N4O2S/c1-14-10-15(23-18-14)11-20-5-7-21(8-6-20)13-17(22)19(2)12-16-4-3-9-24-16/h3-4,9-10H,5-8,11-13H2,1-2H3. The number of aromatic nitrogens is 1. The van der Waals surface area contributed by atoms with Crippen LogP contribution in [0.2, 0.25) is 0 Å². The van der Waals surface area contributed by atoms with E-state index < -0.39 is 0 Å². The largest absolute Gasteiger partial charge is 0.360 e. The third-order valence-corrected chi connectivity index (χ3v) is 5.14. The lowest BCUT2D eigenvalue weighted by molar-refractivity contribution is -0.132. The molecule has 0 atom stereocenters. The second kappa shape index (κ2) is 7.92. The summed E-state index contributed by atoms with van der Waals surface area (Å²) in [4.78, 5) is 20.0. The van der Waals surface area contributed by atoms with Gasteiger partial charge in [0, 0.05) is 44.2 Å². The van der Waals surface area contributed by atoms with Gasteiger partial charge < -0.3 is 9.42 Å². The molecule has 1 aliphatic heterocycles. The summed E-state index contributed by atoms with van der Waals surface area (Å²) in [6, 6.07) is 6.07. The van der Waals surface area contributed by atoms with Gasteiger partial charge in [-0.3, -0.25) is 14.6 Å². The molecule has 1 saturated heterocycles. The highest BCUT2D eigenvalue weighted by Crippen LogP contribution is 2.12. The number of hydrogen-bond acceptors (Lipinski definition) is 6. The van der Waals surface area contributed by atoms with Gasteiger partial charge in [-0.1, -0.05) is 11.2 Å². The quantitative estimate of drug-likeness (QED) is 0.797. The second-order valence-corrected chi connectivity index (χ2v) is 7.35. The van der Waals surface area contributed by atoms with Gasteiger partial charge in [-0.15, -0.1) is 11.3 Å². The van der Waals surface area contributed by atoms with E-state index >= 15 is 0 Å². The number of carbonyl (C=O) groups is 1. The van der Waals surface area contributed by atoms with Crippen molar-refractivity contribution >= 4 is 17.2 Å². The second-order valence-electron chi connectivity index (χ2n) is 6.32. The van der Waals surface area contributed by atoms with E-state index in [9.17, 15) is 4.79 Å². The van der Waals surface area contributed by atoms with Crippen LogP contribution in [0, 0.1) is 6.92 Å². The predicted octanol–water partition coefficient (Wildman–Crippen LogP) is 1.82. The van der Waals surface area contributed by atoms with Gasteiger partial charge in [-0.2, -0.15) is 0 Å². The summed E-state index contributed by atoms with van der Waals surface area (Å²) < 4.78 is 5.27. The molecule has 0 radical (unpaired) electrons. The number of carbonyl (C=O) groups excluding carboxylic acids is 1. The third kappa shape index (κ3) is 4.66. The summed E-state index contributed by atoms with van der Waals surface area (Å²) in [7, 11) is 1.88. The van der Waals surface area contributed by atoms with Gasteiger partial charge >= 0.3 is 0 Å². The molecule has 2 aromatic rings. The third-order valence-electron chi connectivity index (χ3n) is 4.28. The van der Waals surface area contributed by atoms with Crippen molar-refractivity contribution < 1.29 is 9.32 Å². The molecule has 3 heterocycles. The summed E-state index contributed by atoms with van der Waals surface area (Å²) >= 11 is 1.69. The van der Waals surface area contributed by atoms with Gasteiger partial charge in [0.1, 0.15) is 0 Å². The molecule has 0 unspecified atom stereocenters. The molecule has 0 saturated carbocycles. The van der Waals surface area contributed by atoms with Gasteiger partial charge in [0.15, 0.2) is 5.76 Å².